The van der Waals surface area contributed by atoms with Crippen molar-refractivity contribution < 1.29 is 17.9 Å². The standard InChI is InChI=1S/C16H25N3O4S2.ClH/c1-12-2-3-19(14(8-12)10-17)16(20)13-9-15(24-11-13)25(21,22)18-4-6-23-7-5-18;/h9,11-12,14H,2-8,10,17H2,1H3;1H. The summed E-state index contributed by atoms with van der Waals surface area (Å²) in [6, 6.07) is 1.53. The molecule has 7 nitrogen and oxygen atoms in total. The molecule has 1 aromatic rings. The molecule has 0 radical (unpaired) electrons. The van der Waals surface area contributed by atoms with Crippen LogP contribution in [0.2, 0.25) is 0 Å². The molecular weight excluding hydrogens is 398 g/mol. The lowest BCUT2D eigenvalue weighted by Gasteiger charge is -2.37. The number of nitrogens with zero attached hydrogens (tertiary/aromatic N) is 2. The summed E-state index contributed by atoms with van der Waals surface area (Å²) in [5.41, 5.74) is 6.27. The van der Waals surface area contributed by atoms with E-state index >= 15 is 0 Å². The first-order valence-electron chi connectivity index (χ1n) is 8.61. The van der Waals surface area contributed by atoms with Gasteiger partial charge in [-0.05, 0) is 24.8 Å². The van der Waals surface area contributed by atoms with Crippen LogP contribution >= 0.6 is 23.7 Å². The highest BCUT2D eigenvalue weighted by Crippen LogP contribution is 2.28. The van der Waals surface area contributed by atoms with Crippen LogP contribution < -0.4 is 5.73 Å². The number of hydrogen-bond acceptors (Lipinski definition) is 6. The van der Waals surface area contributed by atoms with Crippen LogP contribution in [0, 0.1) is 5.92 Å². The highest BCUT2D eigenvalue weighted by molar-refractivity contribution is 7.91. The van der Waals surface area contributed by atoms with Crippen molar-refractivity contribution in [3.05, 3.63) is 17.0 Å². The van der Waals surface area contributed by atoms with E-state index in [1.807, 2.05) is 0 Å². The maximum Gasteiger partial charge on any atom is 0.255 e. The maximum absolute atomic E-state index is 12.8. The summed E-state index contributed by atoms with van der Waals surface area (Å²) in [4.78, 5) is 14.6. The van der Waals surface area contributed by atoms with Gasteiger partial charge in [-0.15, -0.1) is 23.7 Å². The molecule has 148 valence electrons. The summed E-state index contributed by atoms with van der Waals surface area (Å²) in [5.74, 6) is 0.430. The van der Waals surface area contributed by atoms with E-state index in [4.69, 9.17) is 10.5 Å². The number of likely N-dealkylation sites (tertiary alicyclic amines) is 1. The van der Waals surface area contributed by atoms with Crippen molar-refractivity contribution in [3.8, 4) is 0 Å². The molecule has 2 unspecified atom stereocenters. The van der Waals surface area contributed by atoms with E-state index in [2.05, 4.69) is 6.92 Å². The molecule has 26 heavy (non-hydrogen) atoms. The van der Waals surface area contributed by atoms with Crippen LogP contribution in [0.4, 0.5) is 0 Å². The summed E-state index contributed by atoms with van der Waals surface area (Å²) in [5, 5.41) is 1.64. The lowest BCUT2D eigenvalue weighted by atomic mass is 9.92. The number of carbonyl (C=O) groups excluding carboxylic acids is 1. The van der Waals surface area contributed by atoms with Gasteiger partial charge in [-0.3, -0.25) is 4.79 Å². The first-order chi connectivity index (χ1) is 11.9. The quantitative estimate of drug-likeness (QED) is 0.789. The topological polar surface area (TPSA) is 92.9 Å². The van der Waals surface area contributed by atoms with Gasteiger partial charge in [0.2, 0.25) is 0 Å². The van der Waals surface area contributed by atoms with E-state index < -0.39 is 10.0 Å². The van der Waals surface area contributed by atoms with Crippen LogP contribution in [-0.2, 0) is 14.8 Å². The van der Waals surface area contributed by atoms with Gasteiger partial charge in [0.25, 0.3) is 15.9 Å². The van der Waals surface area contributed by atoms with Gasteiger partial charge in [0, 0.05) is 37.6 Å². The molecule has 2 N–H and O–H groups in total. The summed E-state index contributed by atoms with van der Waals surface area (Å²) >= 11 is 1.10. The van der Waals surface area contributed by atoms with Crippen molar-refractivity contribution in [2.45, 2.75) is 30.0 Å². The Morgan fingerprint density at radius 3 is 2.69 bits per heavy atom. The second-order valence-electron chi connectivity index (χ2n) is 6.69. The molecule has 2 atom stereocenters. The van der Waals surface area contributed by atoms with Gasteiger partial charge in [0.15, 0.2) is 0 Å². The largest absolute Gasteiger partial charge is 0.379 e. The van der Waals surface area contributed by atoms with Gasteiger partial charge < -0.3 is 15.4 Å². The van der Waals surface area contributed by atoms with Crippen molar-refractivity contribution in [1.82, 2.24) is 9.21 Å². The normalized spacial score (nSPS) is 24.9. The Labute approximate surface area is 164 Å². The summed E-state index contributed by atoms with van der Waals surface area (Å²) in [7, 11) is -3.56. The monoisotopic (exact) mass is 423 g/mol. The van der Waals surface area contributed by atoms with Crippen LogP contribution in [0.15, 0.2) is 15.7 Å². The minimum Gasteiger partial charge on any atom is -0.379 e. The third-order valence-corrected chi connectivity index (χ3v) is 8.21. The van der Waals surface area contributed by atoms with Crippen molar-refractivity contribution >= 4 is 39.7 Å². The molecule has 2 fully saturated rings. The number of ether oxygens (including phenoxy) is 1. The van der Waals surface area contributed by atoms with E-state index in [9.17, 15) is 13.2 Å². The molecule has 0 aromatic carbocycles. The molecule has 3 rings (SSSR count). The minimum atomic E-state index is -3.56. The lowest BCUT2D eigenvalue weighted by molar-refractivity contribution is 0.0574. The van der Waals surface area contributed by atoms with Crippen molar-refractivity contribution in [2.75, 3.05) is 39.4 Å². The van der Waals surface area contributed by atoms with E-state index in [1.54, 1.807) is 10.3 Å². The number of morpholine rings is 1. The Morgan fingerprint density at radius 2 is 2.04 bits per heavy atom. The molecule has 2 saturated heterocycles. The third kappa shape index (κ3) is 4.40. The fourth-order valence-electron chi connectivity index (χ4n) is 3.39. The third-order valence-electron chi connectivity index (χ3n) is 4.90. The number of nitrogens with two attached hydrogens (primary N) is 1. The predicted octanol–water partition coefficient (Wildman–Crippen LogP) is 1.39. The molecule has 10 heteroatoms. The van der Waals surface area contributed by atoms with E-state index in [1.165, 1.54) is 10.4 Å². The zero-order chi connectivity index (χ0) is 18.0. The van der Waals surface area contributed by atoms with Gasteiger partial charge in [0.1, 0.15) is 4.21 Å². The number of hydrogen-bond donors (Lipinski definition) is 1. The van der Waals surface area contributed by atoms with Gasteiger partial charge in [-0.25, -0.2) is 8.42 Å². The Morgan fingerprint density at radius 1 is 1.35 bits per heavy atom. The Balaban J connectivity index is 0.00000243. The molecule has 1 amide bonds. The molecule has 3 heterocycles. The van der Waals surface area contributed by atoms with Crippen LogP contribution in [-0.4, -0.2) is 69.0 Å². The minimum absolute atomic E-state index is 0. The molecular formula is C16H26ClN3O4S2. The second kappa shape index (κ2) is 8.99. The van der Waals surface area contributed by atoms with Gasteiger partial charge in [0.05, 0.1) is 18.8 Å². The van der Waals surface area contributed by atoms with Crippen LogP contribution in [0.1, 0.15) is 30.1 Å². The number of thiophene rings is 1. The Hall–Kier alpha value is -0.710. The number of rotatable bonds is 4. The Bertz CT molecular complexity index is 719. The van der Waals surface area contributed by atoms with Crippen molar-refractivity contribution in [1.29, 1.82) is 0 Å². The van der Waals surface area contributed by atoms with Crippen molar-refractivity contribution in [2.24, 2.45) is 11.7 Å². The van der Waals surface area contributed by atoms with Crippen LogP contribution in [0.3, 0.4) is 0 Å². The van der Waals surface area contributed by atoms with Crippen molar-refractivity contribution in [3.63, 3.8) is 0 Å². The average Bonchev–Trinajstić information content (AvgIpc) is 3.12. The number of carbonyl (C=O) groups is 1. The number of amides is 1. The SMILES string of the molecule is CC1CCN(C(=O)c2csc(S(=O)(=O)N3CCOCC3)c2)C(CN)C1.Cl. The highest BCUT2D eigenvalue weighted by Gasteiger charge is 2.32. The lowest BCUT2D eigenvalue weighted by Crippen LogP contribution is -2.49. The van der Waals surface area contributed by atoms with Gasteiger partial charge in [-0.2, -0.15) is 4.31 Å². The summed E-state index contributed by atoms with van der Waals surface area (Å²) in [6.07, 6.45) is 1.84. The summed E-state index contributed by atoms with van der Waals surface area (Å²) < 4.78 is 32.2. The molecule has 0 bridgehead atoms. The van der Waals surface area contributed by atoms with Gasteiger partial charge in [-0.1, -0.05) is 6.92 Å². The fourth-order valence-corrected chi connectivity index (χ4v) is 6.10. The molecule has 0 aliphatic carbocycles. The van der Waals surface area contributed by atoms with E-state index in [0.29, 0.717) is 50.9 Å². The Kier molecular flexibility index (Phi) is 7.46. The molecule has 2 aliphatic rings. The van der Waals surface area contributed by atoms with Crippen LogP contribution in [0.5, 0.6) is 0 Å². The molecule has 0 saturated carbocycles. The van der Waals surface area contributed by atoms with E-state index in [-0.39, 0.29) is 28.6 Å². The first-order valence-corrected chi connectivity index (χ1v) is 10.9. The zero-order valence-corrected chi connectivity index (χ0v) is 17.2. The maximum atomic E-state index is 12.8. The number of halogens is 1. The zero-order valence-electron chi connectivity index (χ0n) is 14.8. The van der Waals surface area contributed by atoms with E-state index in [0.717, 1.165) is 24.2 Å². The number of sulfonamides is 1. The van der Waals surface area contributed by atoms with Gasteiger partial charge >= 0.3 is 0 Å². The number of piperidine rings is 1. The molecule has 2 aliphatic heterocycles. The molecule has 1 aromatic heterocycles. The predicted molar refractivity (Wildman–Crippen MR) is 103 cm³/mol. The second-order valence-corrected chi connectivity index (χ2v) is 9.76. The molecule has 0 spiro atoms. The smallest absolute Gasteiger partial charge is 0.255 e. The first kappa shape index (κ1) is 21.6. The van der Waals surface area contributed by atoms with Crippen LogP contribution in [0.25, 0.3) is 0 Å². The average molecular weight is 424 g/mol. The summed E-state index contributed by atoms with van der Waals surface area (Å²) in [6.45, 7) is 4.77. The highest BCUT2D eigenvalue weighted by atomic mass is 35.5. The fraction of sp³-hybridized carbons (Fsp3) is 0.688.